The lowest BCUT2D eigenvalue weighted by Crippen LogP contribution is -2.01. The second-order valence-corrected chi connectivity index (χ2v) is 5.07. The normalized spacial score (nSPS) is 12.1. The first-order valence-corrected chi connectivity index (χ1v) is 6.41. The number of aromatic nitrogens is 1. The summed E-state index contributed by atoms with van der Waals surface area (Å²) in [7, 11) is 0. The van der Waals surface area contributed by atoms with E-state index in [2.05, 4.69) is 37.0 Å². The molecule has 1 aliphatic rings. The highest BCUT2D eigenvalue weighted by Crippen LogP contribution is 2.46. The Balaban J connectivity index is 2.19. The molecule has 3 aromatic rings. The molecule has 2 aromatic carbocycles. The SMILES string of the molecule is Cc1cc(C)c2c(c1)-c1nccc3cccc(c13)O2. The van der Waals surface area contributed by atoms with Crippen LogP contribution in [0.3, 0.4) is 0 Å². The molecule has 0 saturated carbocycles. The summed E-state index contributed by atoms with van der Waals surface area (Å²) in [5.41, 5.74) is 4.52. The van der Waals surface area contributed by atoms with Gasteiger partial charge in [0.25, 0.3) is 0 Å². The van der Waals surface area contributed by atoms with Crippen molar-refractivity contribution in [3.8, 4) is 22.8 Å². The maximum absolute atomic E-state index is 6.10. The molecule has 19 heavy (non-hydrogen) atoms. The molecule has 0 saturated heterocycles. The van der Waals surface area contributed by atoms with E-state index >= 15 is 0 Å². The third-order valence-electron chi connectivity index (χ3n) is 3.64. The lowest BCUT2D eigenvalue weighted by molar-refractivity contribution is 0.482. The van der Waals surface area contributed by atoms with Crippen LogP contribution in [0.25, 0.3) is 22.0 Å². The van der Waals surface area contributed by atoms with Gasteiger partial charge in [0.2, 0.25) is 0 Å². The Kier molecular flexibility index (Phi) is 1.99. The third-order valence-corrected chi connectivity index (χ3v) is 3.64. The van der Waals surface area contributed by atoms with Crippen molar-refractivity contribution >= 4 is 10.8 Å². The Bertz CT molecular complexity index is 816. The smallest absolute Gasteiger partial charge is 0.139 e. The molecule has 0 fully saturated rings. The van der Waals surface area contributed by atoms with Crippen molar-refractivity contribution < 1.29 is 4.74 Å². The number of pyridine rings is 1. The second kappa shape index (κ2) is 3.58. The maximum Gasteiger partial charge on any atom is 0.139 e. The first-order valence-electron chi connectivity index (χ1n) is 6.41. The molecular weight excluding hydrogens is 234 g/mol. The monoisotopic (exact) mass is 247 g/mol. The minimum atomic E-state index is 0.903. The second-order valence-electron chi connectivity index (χ2n) is 5.07. The van der Waals surface area contributed by atoms with E-state index in [9.17, 15) is 0 Å². The van der Waals surface area contributed by atoms with Crippen molar-refractivity contribution in [1.29, 1.82) is 0 Å². The van der Waals surface area contributed by atoms with Gasteiger partial charge in [0.1, 0.15) is 11.5 Å². The van der Waals surface area contributed by atoms with Crippen molar-refractivity contribution in [2.75, 3.05) is 0 Å². The van der Waals surface area contributed by atoms with Crippen LogP contribution in [0.4, 0.5) is 0 Å². The number of ether oxygens (including phenoxy) is 1. The fraction of sp³-hybridized carbons (Fsp3) is 0.118. The van der Waals surface area contributed by atoms with Crippen LogP contribution in [-0.2, 0) is 0 Å². The van der Waals surface area contributed by atoms with Gasteiger partial charge in [-0.3, -0.25) is 4.98 Å². The van der Waals surface area contributed by atoms with Crippen molar-refractivity contribution in [1.82, 2.24) is 4.98 Å². The van der Waals surface area contributed by atoms with Crippen molar-refractivity contribution in [3.05, 3.63) is 53.7 Å². The number of benzene rings is 2. The van der Waals surface area contributed by atoms with E-state index in [1.807, 2.05) is 24.4 Å². The minimum Gasteiger partial charge on any atom is -0.456 e. The summed E-state index contributed by atoms with van der Waals surface area (Å²) in [5.74, 6) is 1.84. The molecule has 0 aliphatic carbocycles. The van der Waals surface area contributed by atoms with E-state index in [1.54, 1.807) is 0 Å². The largest absolute Gasteiger partial charge is 0.456 e. The summed E-state index contributed by atoms with van der Waals surface area (Å²) >= 11 is 0. The zero-order valence-electron chi connectivity index (χ0n) is 10.9. The molecule has 0 unspecified atom stereocenters. The van der Waals surface area contributed by atoms with Gasteiger partial charge < -0.3 is 4.74 Å². The van der Waals surface area contributed by atoms with Crippen molar-refractivity contribution in [3.63, 3.8) is 0 Å². The Labute approximate surface area is 111 Å². The summed E-state index contributed by atoms with van der Waals surface area (Å²) < 4.78 is 6.10. The minimum absolute atomic E-state index is 0.903. The molecule has 2 nitrogen and oxygen atoms in total. The van der Waals surface area contributed by atoms with Crippen LogP contribution in [0.15, 0.2) is 42.6 Å². The Hall–Kier alpha value is -2.35. The van der Waals surface area contributed by atoms with Gasteiger partial charge in [-0.05, 0) is 48.6 Å². The lowest BCUT2D eigenvalue weighted by atomic mass is 9.96. The van der Waals surface area contributed by atoms with Gasteiger partial charge in [0, 0.05) is 11.8 Å². The van der Waals surface area contributed by atoms with Gasteiger partial charge in [-0.15, -0.1) is 0 Å². The summed E-state index contributed by atoms with van der Waals surface area (Å²) in [6.07, 6.45) is 1.87. The third kappa shape index (κ3) is 1.40. The number of aryl methyl sites for hydroxylation is 2. The van der Waals surface area contributed by atoms with Gasteiger partial charge in [0.15, 0.2) is 0 Å². The zero-order valence-corrected chi connectivity index (χ0v) is 10.9. The molecule has 92 valence electrons. The first-order chi connectivity index (χ1) is 9.24. The van der Waals surface area contributed by atoms with E-state index in [-0.39, 0.29) is 0 Å². The fourth-order valence-electron chi connectivity index (χ4n) is 2.86. The summed E-state index contributed by atoms with van der Waals surface area (Å²) in [4.78, 5) is 4.58. The standard InChI is InChI=1S/C17H13NO/c1-10-8-11(2)17-13(9-10)16-15-12(6-7-18-16)4-3-5-14(15)19-17/h3-9H,1-2H3. The van der Waals surface area contributed by atoms with Gasteiger partial charge >= 0.3 is 0 Å². The van der Waals surface area contributed by atoms with Crippen LogP contribution < -0.4 is 4.74 Å². The zero-order chi connectivity index (χ0) is 13.0. The molecule has 4 rings (SSSR count). The van der Waals surface area contributed by atoms with Gasteiger partial charge in [-0.2, -0.15) is 0 Å². The average molecular weight is 247 g/mol. The molecule has 0 radical (unpaired) electrons. The van der Waals surface area contributed by atoms with E-state index in [4.69, 9.17) is 4.74 Å². The molecule has 0 spiro atoms. The van der Waals surface area contributed by atoms with Crippen LogP contribution in [0.2, 0.25) is 0 Å². The van der Waals surface area contributed by atoms with Crippen LogP contribution in [0, 0.1) is 13.8 Å². The van der Waals surface area contributed by atoms with E-state index in [0.717, 1.165) is 33.7 Å². The lowest BCUT2D eigenvalue weighted by Gasteiger charge is -2.22. The molecular formula is C17H13NO. The molecule has 0 N–H and O–H groups in total. The summed E-state index contributed by atoms with van der Waals surface area (Å²) in [6, 6.07) is 12.5. The highest BCUT2D eigenvalue weighted by molar-refractivity contribution is 6.02. The van der Waals surface area contributed by atoms with Gasteiger partial charge in [-0.25, -0.2) is 0 Å². The van der Waals surface area contributed by atoms with Crippen LogP contribution in [0.5, 0.6) is 11.5 Å². The number of rotatable bonds is 0. The summed E-state index contributed by atoms with van der Waals surface area (Å²) in [6.45, 7) is 4.19. The average Bonchev–Trinajstić information content (AvgIpc) is 2.41. The fourth-order valence-corrected chi connectivity index (χ4v) is 2.86. The Morgan fingerprint density at radius 3 is 2.84 bits per heavy atom. The number of fused-ring (bicyclic) bond motifs is 2. The van der Waals surface area contributed by atoms with Crippen LogP contribution in [-0.4, -0.2) is 4.98 Å². The Morgan fingerprint density at radius 2 is 1.95 bits per heavy atom. The van der Waals surface area contributed by atoms with E-state index in [0.29, 0.717) is 0 Å². The number of nitrogens with zero attached hydrogens (tertiary/aromatic N) is 1. The summed E-state index contributed by atoms with van der Waals surface area (Å²) in [5, 5.41) is 2.29. The van der Waals surface area contributed by atoms with Crippen molar-refractivity contribution in [2.24, 2.45) is 0 Å². The Morgan fingerprint density at radius 1 is 1.05 bits per heavy atom. The van der Waals surface area contributed by atoms with Crippen LogP contribution in [0.1, 0.15) is 11.1 Å². The number of hydrogen-bond acceptors (Lipinski definition) is 2. The molecule has 2 heterocycles. The van der Waals surface area contributed by atoms with E-state index < -0.39 is 0 Å². The van der Waals surface area contributed by atoms with Crippen LogP contribution >= 0.6 is 0 Å². The quantitative estimate of drug-likeness (QED) is 0.452. The van der Waals surface area contributed by atoms with Gasteiger partial charge in [0.05, 0.1) is 11.1 Å². The molecule has 2 heteroatoms. The van der Waals surface area contributed by atoms with Gasteiger partial charge in [-0.1, -0.05) is 18.2 Å². The molecule has 1 aliphatic heterocycles. The first kappa shape index (κ1) is 10.6. The molecule has 1 aromatic heterocycles. The number of hydrogen-bond donors (Lipinski definition) is 0. The maximum atomic E-state index is 6.10. The topological polar surface area (TPSA) is 22.1 Å². The highest BCUT2D eigenvalue weighted by atomic mass is 16.5. The molecule has 0 amide bonds. The van der Waals surface area contributed by atoms with E-state index in [1.165, 1.54) is 10.9 Å². The molecule has 0 bridgehead atoms. The van der Waals surface area contributed by atoms with Crippen molar-refractivity contribution in [2.45, 2.75) is 13.8 Å². The predicted octanol–water partition coefficient (Wildman–Crippen LogP) is 4.62. The predicted molar refractivity (Wildman–Crippen MR) is 76.7 cm³/mol. The molecule has 0 atom stereocenters. The highest BCUT2D eigenvalue weighted by Gasteiger charge is 2.22.